The highest BCUT2D eigenvalue weighted by atomic mass is 32.2. The Bertz CT molecular complexity index is 927. The Morgan fingerprint density at radius 3 is 2.37 bits per heavy atom. The monoisotopic (exact) mass is 400 g/mol. The van der Waals surface area contributed by atoms with Crippen molar-refractivity contribution in [2.24, 2.45) is 0 Å². The van der Waals surface area contributed by atoms with Gasteiger partial charge in [0.1, 0.15) is 6.54 Å². The minimum Gasteiger partial charge on any atom is -0.325 e. The van der Waals surface area contributed by atoms with E-state index < -0.39 is 34.2 Å². The molecule has 0 saturated heterocycles. The van der Waals surface area contributed by atoms with E-state index in [1.54, 1.807) is 24.3 Å². The van der Waals surface area contributed by atoms with Crippen LogP contribution in [0.15, 0.2) is 48.5 Å². The molecule has 2 aromatic rings. The maximum atomic E-state index is 12.8. The fourth-order valence-corrected chi connectivity index (χ4v) is 3.43. The molecule has 1 amide bonds. The van der Waals surface area contributed by atoms with E-state index >= 15 is 0 Å². The smallest absolute Gasteiger partial charge is 0.325 e. The highest BCUT2D eigenvalue weighted by Crippen LogP contribution is 2.30. The van der Waals surface area contributed by atoms with E-state index in [-0.39, 0.29) is 5.69 Å². The van der Waals surface area contributed by atoms with Gasteiger partial charge in [0.05, 0.1) is 17.5 Å². The van der Waals surface area contributed by atoms with Crippen molar-refractivity contribution in [3.05, 3.63) is 59.7 Å². The van der Waals surface area contributed by atoms with Gasteiger partial charge in [0.15, 0.2) is 0 Å². The summed E-state index contributed by atoms with van der Waals surface area (Å²) in [6.45, 7) is 1.30. The molecule has 2 rings (SSSR count). The summed E-state index contributed by atoms with van der Waals surface area (Å²) in [7, 11) is -3.78. The van der Waals surface area contributed by atoms with Crippen LogP contribution in [0.5, 0.6) is 0 Å². The average molecular weight is 400 g/mol. The number of rotatable bonds is 6. The second-order valence-electron chi connectivity index (χ2n) is 5.88. The zero-order valence-electron chi connectivity index (χ0n) is 14.7. The second kappa shape index (κ2) is 7.99. The first-order valence-electron chi connectivity index (χ1n) is 8.05. The predicted octanol–water partition coefficient (Wildman–Crippen LogP) is 3.67. The number of nitrogens with one attached hydrogen (secondary N) is 1. The van der Waals surface area contributed by atoms with Gasteiger partial charge in [0.25, 0.3) is 0 Å². The molecular formula is C18H19F3N2O3S. The van der Waals surface area contributed by atoms with Gasteiger partial charge in [-0.1, -0.05) is 31.2 Å². The van der Waals surface area contributed by atoms with Gasteiger partial charge in [-0.25, -0.2) is 8.42 Å². The van der Waals surface area contributed by atoms with Gasteiger partial charge >= 0.3 is 6.18 Å². The SMILES string of the molecule is CCc1ccccc1N(CC(=O)Nc1cccc(C(F)(F)F)c1)S(C)(=O)=O. The lowest BCUT2D eigenvalue weighted by Gasteiger charge is -2.24. The van der Waals surface area contributed by atoms with Crippen molar-refractivity contribution in [3.8, 4) is 0 Å². The van der Waals surface area contributed by atoms with Gasteiger partial charge in [0.2, 0.25) is 15.9 Å². The number of hydrogen-bond acceptors (Lipinski definition) is 3. The highest BCUT2D eigenvalue weighted by Gasteiger charge is 2.30. The van der Waals surface area contributed by atoms with Crippen LogP contribution in [-0.4, -0.2) is 27.1 Å². The lowest BCUT2D eigenvalue weighted by atomic mass is 10.1. The van der Waals surface area contributed by atoms with Crippen molar-refractivity contribution in [3.63, 3.8) is 0 Å². The zero-order chi connectivity index (χ0) is 20.2. The molecule has 0 radical (unpaired) electrons. The minimum absolute atomic E-state index is 0.0629. The molecule has 0 saturated carbocycles. The molecule has 0 spiro atoms. The fraction of sp³-hybridized carbons (Fsp3) is 0.278. The summed E-state index contributed by atoms with van der Waals surface area (Å²) >= 11 is 0. The third kappa shape index (κ3) is 5.46. The Hall–Kier alpha value is -2.55. The number of para-hydroxylation sites is 1. The van der Waals surface area contributed by atoms with Crippen LogP contribution in [0.3, 0.4) is 0 Å². The summed E-state index contributed by atoms with van der Waals surface area (Å²) in [5, 5.41) is 2.32. The van der Waals surface area contributed by atoms with Crippen molar-refractivity contribution in [1.82, 2.24) is 0 Å². The van der Waals surface area contributed by atoms with E-state index in [0.717, 1.165) is 28.3 Å². The summed E-state index contributed by atoms with van der Waals surface area (Å²) in [6.07, 6.45) is -3.02. The highest BCUT2D eigenvalue weighted by molar-refractivity contribution is 7.92. The minimum atomic E-state index is -4.54. The number of amides is 1. The number of aryl methyl sites for hydroxylation is 1. The maximum Gasteiger partial charge on any atom is 0.416 e. The quantitative estimate of drug-likeness (QED) is 0.805. The van der Waals surface area contributed by atoms with Gasteiger partial charge in [-0.2, -0.15) is 13.2 Å². The molecule has 27 heavy (non-hydrogen) atoms. The number of sulfonamides is 1. The number of hydrogen-bond donors (Lipinski definition) is 1. The van der Waals surface area contributed by atoms with Crippen LogP contribution in [-0.2, 0) is 27.4 Å². The Kier molecular flexibility index (Phi) is 6.15. The van der Waals surface area contributed by atoms with Gasteiger partial charge in [-0.3, -0.25) is 9.10 Å². The van der Waals surface area contributed by atoms with Crippen LogP contribution in [0.2, 0.25) is 0 Å². The molecule has 1 N–H and O–H groups in total. The summed E-state index contributed by atoms with van der Waals surface area (Å²) in [5.74, 6) is -0.745. The molecule has 9 heteroatoms. The molecule has 0 bridgehead atoms. The van der Waals surface area contributed by atoms with Gasteiger partial charge in [-0.15, -0.1) is 0 Å². The molecule has 0 fully saturated rings. The van der Waals surface area contributed by atoms with Gasteiger partial charge < -0.3 is 5.32 Å². The number of alkyl halides is 3. The Labute approximate surface area is 155 Å². The second-order valence-corrected chi connectivity index (χ2v) is 7.79. The van der Waals surface area contributed by atoms with E-state index in [4.69, 9.17) is 0 Å². The Morgan fingerprint density at radius 2 is 1.78 bits per heavy atom. The first-order chi connectivity index (χ1) is 12.5. The van der Waals surface area contributed by atoms with Crippen molar-refractivity contribution in [2.75, 3.05) is 22.4 Å². The predicted molar refractivity (Wildman–Crippen MR) is 98.1 cm³/mol. The summed E-state index contributed by atoms with van der Waals surface area (Å²) in [6, 6.07) is 10.9. The van der Waals surface area contributed by atoms with Crippen molar-refractivity contribution < 1.29 is 26.4 Å². The standard InChI is InChI=1S/C18H19F3N2O3S/c1-3-13-7-4-5-10-16(13)23(27(2,25)26)12-17(24)22-15-9-6-8-14(11-15)18(19,20)21/h4-11H,3,12H2,1-2H3,(H,22,24). The Balaban J connectivity index is 2.26. The lowest BCUT2D eigenvalue weighted by molar-refractivity contribution is -0.137. The van der Waals surface area contributed by atoms with Crippen LogP contribution >= 0.6 is 0 Å². The molecule has 2 aromatic carbocycles. The topological polar surface area (TPSA) is 66.5 Å². The third-order valence-corrected chi connectivity index (χ3v) is 4.93. The Morgan fingerprint density at radius 1 is 1.11 bits per heavy atom. The summed E-state index contributed by atoms with van der Waals surface area (Å²) < 4.78 is 63.6. The molecular weight excluding hydrogens is 381 g/mol. The molecule has 146 valence electrons. The first-order valence-corrected chi connectivity index (χ1v) is 9.90. The van der Waals surface area contributed by atoms with Crippen LogP contribution in [0.25, 0.3) is 0 Å². The van der Waals surface area contributed by atoms with Crippen LogP contribution in [0.4, 0.5) is 24.5 Å². The third-order valence-electron chi connectivity index (χ3n) is 3.80. The number of nitrogens with zero attached hydrogens (tertiary/aromatic N) is 1. The molecule has 0 unspecified atom stereocenters. The number of anilines is 2. The molecule has 0 aliphatic heterocycles. The largest absolute Gasteiger partial charge is 0.416 e. The van der Waals surface area contributed by atoms with Gasteiger partial charge in [-0.05, 0) is 36.2 Å². The summed E-state index contributed by atoms with van der Waals surface area (Å²) in [4.78, 5) is 12.3. The number of benzene rings is 2. The zero-order valence-corrected chi connectivity index (χ0v) is 15.6. The van der Waals surface area contributed by atoms with E-state index in [0.29, 0.717) is 12.1 Å². The first kappa shape index (κ1) is 20.8. The molecule has 0 aromatic heterocycles. The normalized spacial score (nSPS) is 11.9. The van der Waals surface area contributed by atoms with Crippen LogP contribution in [0, 0.1) is 0 Å². The van der Waals surface area contributed by atoms with Crippen LogP contribution in [0.1, 0.15) is 18.1 Å². The van der Waals surface area contributed by atoms with E-state index in [2.05, 4.69) is 5.32 Å². The van der Waals surface area contributed by atoms with Crippen molar-refractivity contribution in [2.45, 2.75) is 19.5 Å². The van der Waals surface area contributed by atoms with Crippen molar-refractivity contribution in [1.29, 1.82) is 0 Å². The van der Waals surface area contributed by atoms with E-state index in [9.17, 15) is 26.4 Å². The number of carbonyl (C=O) groups excluding carboxylic acids is 1. The number of halogens is 3. The molecule has 0 atom stereocenters. The van der Waals surface area contributed by atoms with Gasteiger partial charge in [0, 0.05) is 5.69 Å². The molecule has 0 heterocycles. The molecule has 0 aliphatic carbocycles. The molecule has 0 aliphatic rings. The van der Waals surface area contributed by atoms with Crippen LogP contribution < -0.4 is 9.62 Å². The van der Waals surface area contributed by atoms with E-state index in [1.165, 1.54) is 12.1 Å². The average Bonchev–Trinajstić information content (AvgIpc) is 2.58. The summed E-state index contributed by atoms with van der Waals surface area (Å²) in [5.41, 5.74) is 0.125. The number of carbonyl (C=O) groups is 1. The fourth-order valence-electron chi connectivity index (χ4n) is 2.54. The van der Waals surface area contributed by atoms with Crippen molar-refractivity contribution >= 4 is 27.3 Å². The maximum absolute atomic E-state index is 12.8. The lowest BCUT2D eigenvalue weighted by Crippen LogP contribution is -2.38. The molecule has 5 nitrogen and oxygen atoms in total. The van der Waals surface area contributed by atoms with E-state index in [1.807, 2.05) is 6.92 Å².